The molecule has 86 valence electrons. The molecule has 5 nitrogen and oxygen atoms in total. The summed E-state index contributed by atoms with van der Waals surface area (Å²) in [6.45, 7) is 4.58. The van der Waals surface area contributed by atoms with Gasteiger partial charge in [0.1, 0.15) is 0 Å². The average Bonchev–Trinajstić information content (AvgIpc) is 2.57. The van der Waals surface area contributed by atoms with Gasteiger partial charge in [-0.3, -0.25) is 0 Å². The lowest BCUT2D eigenvalue weighted by Crippen LogP contribution is -2.08. The van der Waals surface area contributed by atoms with Crippen LogP contribution in [0.5, 0.6) is 0 Å². The zero-order valence-electron chi connectivity index (χ0n) is 9.79. The molecule has 0 aliphatic heterocycles. The van der Waals surface area contributed by atoms with Crippen molar-refractivity contribution in [3.05, 3.63) is 11.4 Å². The van der Waals surface area contributed by atoms with Crippen molar-refractivity contribution in [2.45, 2.75) is 32.9 Å². The van der Waals surface area contributed by atoms with E-state index in [1.807, 2.05) is 11.7 Å². The summed E-state index contributed by atoms with van der Waals surface area (Å²) in [6, 6.07) is 0. The van der Waals surface area contributed by atoms with Crippen molar-refractivity contribution in [3.8, 4) is 0 Å². The number of hydrogen-bond donors (Lipinski definition) is 1. The van der Waals surface area contributed by atoms with Gasteiger partial charge >= 0.3 is 0 Å². The van der Waals surface area contributed by atoms with Crippen LogP contribution in [0, 0.1) is 6.92 Å². The van der Waals surface area contributed by atoms with E-state index in [0.717, 1.165) is 43.9 Å². The van der Waals surface area contributed by atoms with E-state index in [-0.39, 0.29) is 0 Å². The lowest BCUT2D eigenvalue weighted by molar-refractivity contribution is 0.190. The second-order valence-corrected chi connectivity index (χ2v) is 3.57. The Morgan fingerprint density at radius 2 is 2.20 bits per heavy atom. The van der Waals surface area contributed by atoms with Crippen LogP contribution in [-0.4, -0.2) is 35.8 Å². The van der Waals surface area contributed by atoms with Gasteiger partial charge in [-0.25, -0.2) is 4.68 Å². The van der Waals surface area contributed by atoms with Crippen LogP contribution in [0.15, 0.2) is 0 Å². The number of aryl methyl sites for hydroxylation is 1. The highest BCUT2D eigenvalue weighted by molar-refractivity contribution is 5.07. The van der Waals surface area contributed by atoms with Gasteiger partial charge in [-0.1, -0.05) is 5.21 Å². The monoisotopic (exact) mass is 212 g/mol. The Balaban J connectivity index is 2.40. The number of nitrogens with one attached hydrogen (secondary N) is 1. The van der Waals surface area contributed by atoms with E-state index in [1.165, 1.54) is 0 Å². The van der Waals surface area contributed by atoms with E-state index >= 15 is 0 Å². The topological polar surface area (TPSA) is 52.0 Å². The number of aromatic nitrogens is 3. The maximum Gasteiger partial charge on any atom is 0.0993 e. The molecule has 0 saturated heterocycles. The second kappa shape index (κ2) is 6.53. The third-order valence-electron chi connectivity index (χ3n) is 2.39. The predicted molar refractivity (Wildman–Crippen MR) is 58.6 cm³/mol. The van der Waals surface area contributed by atoms with Gasteiger partial charge in [-0.05, 0) is 26.8 Å². The minimum absolute atomic E-state index is 0.782. The Kier molecular flexibility index (Phi) is 5.28. The van der Waals surface area contributed by atoms with Crippen LogP contribution >= 0.6 is 0 Å². The lowest BCUT2D eigenvalue weighted by Gasteiger charge is -2.03. The van der Waals surface area contributed by atoms with Gasteiger partial charge in [0.05, 0.1) is 11.4 Å². The lowest BCUT2D eigenvalue weighted by atomic mass is 10.3. The molecule has 1 rings (SSSR count). The fraction of sp³-hybridized carbons (Fsp3) is 0.800. The number of rotatable bonds is 7. The summed E-state index contributed by atoms with van der Waals surface area (Å²) in [5, 5.41) is 11.3. The van der Waals surface area contributed by atoms with E-state index in [4.69, 9.17) is 4.74 Å². The normalized spacial score (nSPS) is 10.9. The molecule has 0 radical (unpaired) electrons. The maximum absolute atomic E-state index is 5.00. The predicted octanol–water partition coefficient (Wildman–Crippen LogP) is 0.733. The first-order valence-corrected chi connectivity index (χ1v) is 5.32. The Morgan fingerprint density at radius 3 is 2.87 bits per heavy atom. The Morgan fingerprint density at radius 1 is 1.40 bits per heavy atom. The molecule has 5 heteroatoms. The van der Waals surface area contributed by atoms with E-state index < -0.39 is 0 Å². The maximum atomic E-state index is 5.00. The Labute approximate surface area is 90.8 Å². The summed E-state index contributed by atoms with van der Waals surface area (Å²) in [5.41, 5.74) is 2.19. The molecule has 0 unspecified atom stereocenters. The summed E-state index contributed by atoms with van der Waals surface area (Å²) in [7, 11) is 3.64. The quantitative estimate of drug-likeness (QED) is 0.677. The van der Waals surface area contributed by atoms with Gasteiger partial charge in [0.25, 0.3) is 0 Å². The van der Waals surface area contributed by atoms with Crippen LogP contribution in [0.4, 0.5) is 0 Å². The minimum atomic E-state index is 0.782. The van der Waals surface area contributed by atoms with E-state index in [0.29, 0.717) is 0 Å². The smallest absolute Gasteiger partial charge is 0.0993 e. The molecular formula is C10H20N4O. The van der Waals surface area contributed by atoms with Crippen LogP contribution in [-0.2, 0) is 17.8 Å². The molecule has 0 fully saturated rings. The molecule has 1 N–H and O–H groups in total. The minimum Gasteiger partial charge on any atom is -0.385 e. The molecule has 0 aliphatic rings. The molecule has 1 aromatic rings. The first-order chi connectivity index (χ1) is 7.29. The highest BCUT2D eigenvalue weighted by atomic mass is 16.5. The number of methoxy groups -OCH3 is 1. The van der Waals surface area contributed by atoms with E-state index in [2.05, 4.69) is 22.6 Å². The van der Waals surface area contributed by atoms with Gasteiger partial charge in [-0.2, -0.15) is 0 Å². The molecule has 0 aliphatic carbocycles. The largest absolute Gasteiger partial charge is 0.385 e. The van der Waals surface area contributed by atoms with E-state index in [1.54, 1.807) is 7.11 Å². The fourth-order valence-electron chi connectivity index (χ4n) is 1.45. The zero-order chi connectivity index (χ0) is 11.1. The molecule has 0 spiro atoms. The van der Waals surface area contributed by atoms with Crippen molar-refractivity contribution in [3.63, 3.8) is 0 Å². The highest BCUT2D eigenvalue weighted by Crippen LogP contribution is 2.04. The molecule has 0 bridgehead atoms. The van der Waals surface area contributed by atoms with Crippen LogP contribution in [0.25, 0.3) is 0 Å². The number of ether oxygens (including phenoxy) is 1. The third kappa shape index (κ3) is 3.60. The molecule has 0 aromatic carbocycles. The van der Waals surface area contributed by atoms with Gasteiger partial charge in [0, 0.05) is 26.8 Å². The van der Waals surface area contributed by atoms with Crippen LogP contribution in [0.2, 0.25) is 0 Å². The SMILES string of the molecule is CNCc1nnn(CCCCOC)c1C. The van der Waals surface area contributed by atoms with Crippen molar-refractivity contribution in [1.29, 1.82) is 0 Å². The number of unbranched alkanes of at least 4 members (excludes halogenated alkanes) is 1. The van der Waals surface area contributed by atoms with Crippen molar-refractivity contribution in [1.82, 2.24) is 20.3 Å². The van der Waals surface area contributed by atoms with Crippen LogP contribution in [0.3, 0.4) is 0 Å². The van der Waals surface area contributed by atoms with Gasteiger partial charge in [0.2, 0.25) is 0 Å². The number of nitrogens with zero attached hydrogens (tertiary/aromatic N) is 3. The summed E-state index contributed by atoms with van der Waals surface area (Å²) in [5.74, 6) is 0. The molecule has 1 aromatic heterocycles. The standard InChI is InChI=1S/C10H20N4O/c1-9-10(8-11-2)12-13-14(9)6-4-5-7-15-3/h11H,4-8H2,1-3H3. The van der Waals surface area contributed by atoms with Gasteiger partial charge in [0.15, 0.2) is 0 Å². The second-order valence-electron chi connectivity index (χ2n) is 3.57. The Hall–Kier alpha value is -0.940. The average molecular weight is 212 g/mol. The number of hydrogen-bond acceptors (Lipinski definition) is 4. The van der Waals surface area contributed by atoms with Crippen molar-refractivity contribution >= 4 is 0 Å². The van der Waals surface area contributed by atoms with Crippen molar-refractivity contribution in [2.24, 2.45) is 0 Å². The van der Waals surface area contributed by atoms with E-state index in [9.17, 15) is 0 Å². The fourth-order valence-corrected chi connectivity index (χ4v) is 1.45. The van der Waals surface area contributed by atoms with Gasteiger partial charge in [-0.15, -0.1) is 5.10 Å². The summed E-state index contributed by atoms with van der Waals surface area (Å²) >= 11 is 0. The highest BCUT2D eigenvalue weighted by Gasteiger charge is 2.06. The zero-order valence-corrected chi connectivity index (χ0v) is 9.79. The van der Waals surface area contributed by atoms with Gasteiger partial charge < -0.3 is 10.1 Å². The molecule has 0 saturated carbocycles. The molecule has 0 atom stereocenters. The van der Waals surface area contributed by atoms with Crippen LogP contribution < -0.4 is 5.32 Å². The van der Waals surface area contributed by atoms with Crippen molar-refractivity contribution < 1.29 is 4.74 Å². The molecule has 15 heavy (non-hydrogen) atoms. The molecule has 0 amide bonds. The third-order valence-corrected chi connectivity index (χ3v) is 2.39. The summed E-state index contributed by atoms with van der Waals surface area (Å²) in [4.78, 5) is 0. The van der Waals surface area contributed by atoms with Crippen molar-refractivity contribution in [2.75, 3.05) is 20.8 Å². The molecule has 1 heterocycles. The first kappa shape index (κ1) is 12.1. The van der Waals surface area contributed by atoms with Crippen LogP contribution in [0.1, 0.15) is 24.2 Å². The molecular weight excluding hydrogens is 192 g/mol. The Bertz CT molecular complexity index is 285. The first-order valence-electron chi connectivity index (χ1n) is 5.32. The summed E-state index contributed by atoms with van der Waals surface area (Å²) < 4.78 is 6.96. The summed E-state index contributed by atoms with van der Waals surface area (Å²) in [6.07, 6.45) is 2.15.